The summed E-state index contributed by atoms with van der Waals surface area (Å²) in [5, 5.41) is 7.19. The zero-order valence-corrected chi connectivity index (χ0v) is 22.9. The van der Waals surface area contributed by atoms with Gasteiger partial charge in [0.2, 0.25) is 5.91 Å². The number of rotatable bonds is 6. The van der Waals surface area contributed by atoms with Crippen LogP contribution in [0.2, 0.25) is 10.0 Å². The topological polar surface area (TPSA) is 62.2 Å². The quantitative estimate of drug-likeness (QED) is 0.243. The highest BCUT2D eigenvalue weighted by Gasteiger charge is 2.42. The summed E-state index contributed by atoms with van der Waals surface area (Å²) in [6.07, 6.45) is 3.63. The van der Waals surface area contributed by atoms with Crippen LogP contribution >= 0.6 is 35.4 Å². The molecule has 0 aliphatic carbocycles. The fraction of sp³-hybridized carbons (Fsp3) is 0.179. The summed E-state index contributed by atoms with van der Waals surface area (Å²) in [7, 11) is 0. The summed E-state index contributed by atoms with van der Waals surface area (Å²) < 4.78 is 15.9. The summed E-state index contributed by atoms with van der Waals surface area (Å²) in [5.41, 5.74) is 3.65. The van der Waals surface area contributed by atoms with Gasteiger partial charge in [-0.3, -0.25) is 9.78 Å². The van der Waals surface area contributed by atoms with Gasteiger partial charge in [0.25, 0.3) is 0 Å². The number of carbonyl (C=O) groups excluding carboxylic acids is 1. The van der Waals surface area contributed by atoms with E-state index in [0.29, 0.717) is 21.5 Å². The fourth-order valence-corrected chi connectivity index (χ4v) is 5.21. The Labute approximate surface area is 235 Å². The Morgan fingerprint density at radius 1 is 1.05 bits per heavy atom. The van der Waals surface area contributed by atoms with Crippen LogP contribution in [0.15, 0.2) is 79.1 Å². The van der Waals surface area contributed by atoms with E-state index in [4.69, 9.17) is 35.4 Å². The van der Waals surface area contributed by atoms with Crippen molar-refractivity contribution in [2.45, 2.75) is 25.9 Å². The number of carbonyl (C=O) groups is 1. The van der Waals surface area contributed by atoms with Crippen molar-refractivity contribution < 1.29 is 9.18 Å². The van der Waals surface area contributed by atoms with Crippen LogP contribution in [0.3, 0.4) is 0 Å². The minimum atomic E-state index is -0.486. The van der Waals surface area contributed by atoms with Gasteiger partial charge in [-0.05, 0) is 72.9 Å². The number of hydrogen-bond donors (Lipinski definition) is 2. The lowest BCUT2D eigenvalue weighted by Crippen LogP contribution is -2.30. The smallest absolute Gasteiger partial charge is 0.226 e. The number of pyridine rings is 1. The number of benzene rings is 2. The summed E-state index contributed by atoms with van der Waals surface area (Å²) in [6, 6.07) is 19.0. The van der Waals surface area contributed by atoms with E-state index in [9.17, 15) is 9.18 Å². The highest BCUT2D eigenvalue weighted by atomic mass is 35.5. The van der Waals surface area contributed by atoms with Crippen LogP contribution < -0.4 is 15.5 Å². The molecule has 1 aliphatic rings. The molecule has 6 nitrogen and oxygen atoms in total. The molecule has 2 atom stereocenters. The van der Waals surface area contributed by atoms with E-state index in [1.54, 1.807) is 30.5 Å². The summed E-state index contributed by atoms with van der Waals surface area (Å²) in [6.45, 7) is 3.63. The van der Waals surface area contributed by atoms with Crippen LogP contribution in [-0.2, 0) is 4.79 Å². The van der Waals surface area contributed by atoms with Gasteiger partial charge in [-0.1, -0.05) is 43.1 Å². The van der Waals surface area contributed by atoms with Crippen LogP contribution in [0.4, 0.5) is 15.8 Å². The van der Waals surface area contributed by atoms with E-state index in [1.165, 1.54) is 6.07 Å². The zero-order chi connectivity index (χ0) is 27.0. The van der Waals surface area contributed by atoms with Crippen LogP contribution in [0, 0.1) is 11.7 Å². The predicted octanol–water partition coefficient (Wildman–Crippen LogP) is 7.09. The molecule has 194 valence electrons. The number of nitrogens with zero attached hydrogens (tertiary/aromatic N) is 3. The maximum Gasteiger partial charge on any atom is 0.226 e. The van der Waals surface area contributed by atoms with Gasteiger partial charge < -0.3 is 20.1 Å². The van der Waals surface area contributed by atoms with Crippen LogP contribution in [0.1, 0.15) is 37.3 Å². The van der Waals surface area contributed by atoms with Gasteiger partial charge in [0.1, 0.15) is 11.9 Å². The molecule has 1 saturated heterocycles. The van der Waals surface area contributed by atoms with E-state index in [0.717, 1.165) is 17.1 Å². The highest BCUT2D eigenvalue weighted by Crippen LogP contribution is 2.43. The van der Waals surface area contributed by atoms with Crippen molar-refractivity contribution in [1.82, 2.24) is 14.9 Å². The lowest BCUT2D eigenvalue weighted by molar-refractivity contribution is -0.118. The molecule has 3 heterocycles. The monoisotopic (exact) mass is 567 g/mol. The van der Waals surface area contributed by atoms with Crippen LogP contribution in [0.25, 0.3) is 5.69 Å². The first-order chi connectivity index (χ1) is 18.2. The number of aromatic nitrogens is 2. The normalized spacial score (nSPS) is 17.1. The molecule has 2 N–H and O–H groups in total. The Kier molecular flexibility index (Phi) is 7.38. The van der Waals surface area contributed by atoms with Crippen molar-refractivity contribution >= 4 is 57.8 Å². The molecule has 1 aliphatic heterocycles. The lowest BCUT2D eigenvalue weighted by Gasteiger charge is -2.29. The Hall–Kier alpha value is -3.46. The Balaban J connectivity index is 1.61. The van der Waals surface area contributed by atoms with E-state index >= 15 is 0 Å². The first kappa shape index (κ1) is 26.2. The second-order valence-corrected chi connectivity index (χ2v) is 10.4. The standard InChI is InChI=1S/C28H24Cl2FN5OS/c1-16(2)27(37)33-22-11-9-18(15-20(22)30)36-26(25(34-28(36)38)23-6-3-4-12-32-23)24-7-5-13-35(24)17-8-10-21(31)19(29)14-17/h3-16,25-26H,1-2H3,(H,33,37)(H,34,38)/t25-,26+/m1/s1. The van der Waals surface area contributed by atoms with Gasteiger partial charge in [0.05, 0.1) is 27.5 Å². The van der Waals surface area contributed by atoms with E-state index in [1.807, 2.05) is 65.9 Å². The SMILES string of the molecule is CC(C)C(=O)Nc1ccc(N2C(=S)N[C@H](c3ccccn3)[C@@H]2c2cccn2-c2ccc(F)c(Cl)c2)cc1Cl. The van der Waals surface area contributed by atoms with Crippen molar-refractivity contribution in [2.24, 2.45) is 5.92 Å². The summed E-state index contributed by atoms with van der Waals surface area (Å²) in [5.74, 6) is -0.792. The van der Waals surface area contributed by atoms with E-state index in [-0.39, 0.29) is 28.9 Å². The van der Waals surface area contributed by atoms with Crippen molar-refractivity contribution in [1.29, 1.82) is 0 Å². The second-order valence-electron chi connectivity index (χ2n) is 9.21. The van der Waals surface area contributed by atoms with Gasteiger partial charge in [0, 0.05) is 35.4 Å². The molecule has 4 aromatic rings. The molecule has 1 amide bonds. The molecule has 2 aromatic heterocycles. The van der Waals surface area contributed by atoms with Gasteiger partial charge in [-0.2, -0.15) is 0 Å². The summed E-state index contributed by atoms with van der Waals surface area (Å²) >= 11 is 18.6. The first-order valence-corrected chi connectivity index (χ1v) is 13.1. The van der Waals surface area contributed by atoms with Gasteiger partial charge in [-0.15, -0.1) is 0 Å². The Morgan fingerprint density at radius 3 is 2.50 bits per heavy atom. The Morgan fingerprint density at radius 2 is 1.82 bits per heavy atom. The van der Waals surface area contributed by atoms with Gasteiger partial charge in [-0.25, -0.2) is 4.39 Å². The number of hydrogen-bond acceptors (Lipinski definition) is 3. The predicted molar refractivity (Wildman–Crippen MR) is 154 cm³/mol. The molecule has 0 spiro atoms. The largest absolute Gasteiger partial charge is 0.351 e. The molecule has 0 bridgehead atoms. The molecule has 1 fully saturated rings. The summed E-state index contributed by atoms with van der Waals surface area (Å²) in [4.78, 5) is 18.8. The average Bonchev–Trinajstić information content (AvgIpc) is 3.51. The third-order valence-corrected chi connectivity index (χ3v) is 7.29. The van der Waals surface area contributed by atoms with Crippen molar-refractivity contribution in [3.63, 3.8) is 0 Å². The molecule has 5 rings (SSSR count). The number of thiocarbonyl (C=S) groups is 1. The number of anilines is 2. The number of halogens is 3. The molecule has 0 radical (unpaired) electrons. The number of amides is 1. The van der Waals surface area contributed by atoms with Crippen molar-refractivity contribution in [3.8, 4) is 5.69 Å². The minimum Gasteiger partial charge on any atom is -0.351 e. The minimum absolute atomic E-state index is 0.0335. The van der Waals surface area contributed by atoms with Crippen molar-refractivity contribution in [3.05, 3.63) is 106 Å². The zero-order valence-electron chi connectivity index (χ0n) is 20.5. The van der Waals surface area contributed by atoms with Gasteiger partial charge in [0.15, 0.2) is 5.11 Å². The van der Waals surface area contributed by atoms with E-state index in [2.05, 4.69) is 15.6 Å². The lowest BCUT2D eigenvalue weighted by atomic mass is 10.0. The van der Waals surface area contributed by atoms with Crippen LogP contribution in [-0.4, -0.2) is 20.6 Å². The second kappa shape index (κ2) is 10.7. The highest BCUT2D eigenvalue weighted by molar-refractivity contribution is 7.80. The third-order valence-electron chi connectivity index (χ3n) is 6.38. The van der Waals surface area contributed by atoms with Crippen LogP contribution in [0.5, 0.6) is 0 Å². The van der Waals surface area contributed by atoms with E-state index < -0.39 is 5.82 Å². The average molecular weight is 569 g/mol. The maximum absolute atomic E-state index is 13.9. The third kappa shape index (κ3) is 4.99. The molecule has 0 saturated carbocycles. The molecule has 10 heteroatoms. The Bertz CT molecular complexity index is 1510. The first-order valence-electron chi connectivity index (χ1n) is 12.0. The molecule has 38 heavy (non-hydrogen) atoms. The van der Waals surface area contributed by atoms with Gasteiger partial charge >= 0.3 is 0 Å². The fourth-order valence-electron chi connectivity index (χ4n) is 4.47. The molecule has 0 unspecified atom stereocenters. The number of nitrogens with one attached hydrogen (secondary N) is 2. The molecular formula is C28H24Cl2FN5OS. The maximum atomic E-state index is 13.9. The molecule has 2 aromatic carbocycles. The molecular weight excluding hydrogens is 544 g/mol. The van der Waals surface area contributed by atoms with Crippen molar-refractivity contribution in [2.75, 3.05) is 10.2 Å².